The number of aliphatic hydroxyl groups is 2. The zero-order chi connectivity index (χ0) is 21.1. The fourth-order valence-electron chi connectivity index (χ4n) is 2.61. The maximum Gasteiger partial charge on any atom is 0.191 e. The molecule has 0 aliphatic heterocycles. The maximum absolute atomic E-state index is 10.2. The van der Waals surface area contributed by atoms with Gasteiger partial charge in [-0.3, -0.25) is 4.99 Å². The number of guanidine groups is 1. The van der Waals surface area contributed by atoms with Crippen molar-refractivity contribution in [2.75, 3.05) is 32.8 Å². The van der Waals surface area contributed by atoms with Gasteiger partial charge in [0.1, 0.15) is 23.5 Å². The number of aliphatic hydroxyl groups excluding tert-OH is 2. The molecule has 0 fully saturated rings. The summed E-state index contributed by atoms with van der Waals surface area (Å²) in [5.74, 6) is 0.917. The Morgan fingerprint density at radius 2 is 1.83 bits per heavy atom. The monoisotopic (exact) mass is 567 g/mol. The lowest BCUT2D eigenvalue weighted by molar-refractivity contribution is 0.114. The molecule has 0 saturated heterocycles. The minimum atomic E-state index is -0.816. The molecule has 0 spiro atoms. The Morgan fingerprint density at radius 3 is 2.50 bits per heavy atom. The van der Waals surface area contributed by atoms with E-state index in [-0.39, 0.29) is 49.7 Å². The Balaban J connectivity index is 0.00000450. The largest absolute Gasteiger partial charge is 0.489 e. The Kier molecular flexibility index (Phi) is 13.1. The number of rotatable bonds is 10. The van der Waals surface area contributed by atoms with Crippen LogP contribution in [0.3, 0.4) is 0 Å². The lowest BCUT2D eigenvalue weighted by Crippen LogP contribution is -2.40. The van der Waals surface area contributed by atoms with Gasteiger partial charge in [0.25, 0.3) is 0 Å². The van der Waals surface area contributed by atoms with Crippen molar-refractivity contribution in [3.8, 4) is 5.75 Å². The second kappa shape index (κ2) is 14.7. The number of nitrogens with one attached hydrogen (secondary N) is 2. The van der Waals surface area contributed by atoms with Gasteiger partial charge in [0.15, 0.2) is 5.96 Å². The van der Waals surface area contributed by atoms with E-state index in [9.17, 15) is 10.2 Å². The van der Waals surface area contributed by atoms with Gasteiger partial charge >= 0.3 is 0 Å². The normalized spacial score (nSPS) is 13.2. The van der Waals surface area contributed by atoms with Gasteiger partial charge in [-0.05, 0) is 24.6 Å². The van der Waals surface area contributed by atoms with Crippen molar-refractivity contribution >= 4 is 53.1 Å². The van der Waals surface area contributed by atoms with Crippen LogP contribution in [0.25, 0.3) is 0 Å². The van der Waals surface area contributed by atoms with Crippen LogP contribution in [0.2, 0.25) is 10.0 Å². The summed E-state index contributed by atoms with van der Waals surface area (Å²) in [7, 11) is 0. The Hall–Kier alpha value is -1.26. The highest BCUT2D eigenvalue weighted by molar-refractivity contribution is 14.0. The van der Waals surface area contributed by atoms with E-state index in [0.717, 1.165) is 5.56 Å². The van der Waals surface area contributed by atoms with E-state index in [0.29, 0.717) is 34.8 Å². The predicted octanol–water partition coefficient (Wildman–Crippen LogP) is 3.68. The van der Waals surface area contributed by atoms with Crippen molar-refractivity contribution in [1.82, 2.24) is 10.6 Å². The third-order valence-corrected chi connectivity index (χ3v) is 4.96. The van der Waals surface area contributed by atoms with Crippen LogP contribution in [0.15, 0.2) is 53.5 Å². The van der Waals surface area contributed by atoms with Crippen LogP contribution < -0.4 is 15.4 Å². The number of halogens is 3. The molecule has 0 saturated carbocycles. The third kappa shape index (κ3) is 8.85. The summed E-state index contributed by atoms with van der Waals surface area (Å²) in [6.07, 6.45) is -0.816. The molecule has 166 valence electrons. The van der Waals surface area contributed by atoms with Gasteiger partial charge in [-0.1, -0.05) is 59.6 Å². The van der Waals surface area contributed by atoms with Crippen molar-refractivity contribution in [1.29, 1.82) is 0 Å². The van der Waals surface area contributed by atoms with E-state index in [1.54, 1.807) is 18.2 Å². The molecule has 4 N–H and O–H groups in total. The van der Waals surface area contributed by atoms with Gasteiger partial charge in [0, 0.05) is 19.0 Å². The molecule has 0 aromatic heterocycles. The molecule has 2 rings (SSSR count). The summed E-state index contributed by atoms with van der Waals surface area (Å²) in [5.41, 5.74) is 1.05. The first-order chi connectivity index (χ1) is 14.0. The predicted molar refractivity (Wildman–Crippen MR) is 134 cm³/mol. The van der Waals surface area contributed by atoms with Crippen LogP contribution >= 0.6 is 47.2 Å². The third-order valence-electron chi connectivity index (χ3n) is 4.16. The SMILES string of the molecule is CCNC(=NCC(O)COc1cccc(Cl)c1Cl)NCC(CO)c1ccccc1.I. The van der Waals surface area contributed by atoms with Crippen molar-refractivity contribution in [3.63, 3.8) is 0 Å². The van der Waals surface area contributed by atoms with Gasteiger partial charge in [0.05, 0.1) is 18.2 Å². The summed E-state index contributed by atoms with van der Waals surface area (Å²) < 4.78 is 5.54. The fraction of sp³-hybridized carbons (Fsp3) is 0.381. The fourth-order valence-corrected chi connectivity index (χ4v) is 2.95. The van der Waals surface area contributed by atoms with Gasteiger partial charge in [-0.25, -0.2) is 0 Å². The molecule has 2 aromatic carbocycles. The average Bonchev–Trinajstić information content (AvgIpc) is 2.74. The summed E-state index contributed by atoms with van der Waals surface area (Å²) in [6, 6.07) is 14.9. The first-order valence-corrected chi connectivity index (χ1v) is 10.2. The smallest absolute Gasteiger partial charge is 0.191 e. The lowest BCUT2D eigenvalue weighted by Gasteiger charge is -2.18. The van der Waals surface area contributed by atoms with Crippen LogP contribution in [0.4, 0.5) is 0 Å². The number of ether oxygens (including phenoxy) is 1. The number of benzene rings is 2. The Bertz CT molecular complexity index is 781. The van der Waals surface area contributed by atoms with E-state index >= 15 is 0 Å². The van der Waals surface area contributed by atoms with Crippen molar-refractivity contribution < 1.29 is 14.9 Å². The second-order valence-corrected chi connectivity index (χ2v) is 7.19. The molecule has 0 bridgehead atoms. The van der Waals surface area contributed by atoms with Crippen molar-refractivity contribution in [3.05, 3.63) is 64.1 Å². The standard InChI is InChI=1S/C21H27Cl2N3O3.HI/c1-2-24-21(25-11-16(13-27)15-7-4-3-5-8-15)26-12-17(28)14-29-19-10-6-9-18(22)20(19)23;/h3-10,16-17,27-28H,2,11-14H2,1H3,(H2,24,25,26);1H. The lowest BCUT2D eigenvalue weighted by atomic mass is 10.0. The molecular formula is C21H28Cl2IN3O3. The molecule has 9 heteroatoms. The van der Waals surface area contributed by atoms with Gasteiger partial charge < -0.3 is 25.6 Å². The summed E-state index contributed by atoms with van der Waals surface area (Å²) in [6.45, 7) is 3.34. The molecule has 2 aromatic rings. The summed E-state index contributed by atoms with van der Waals surface area (Å²) in [5, 5.41) is 26.9. The van der Waals surface area contributed by atoms with Gasteiger partial charge in [-0.2, -0.15) is 0 Å². The van der Waals surface area contributed by atoms with Gasteiger partial charge in [0.2, 0.25) is 0 Å². The van der Waals surface area contributed by atoms with Crippen LogP contribution in [-0.2, 0) is 0 Å². The summed E-state index contributed by atoms with van der Waals surface area (Å²) >= 11 is 12.0. The van der Waals surface area contributed by atoms with Crippen LogP contribution in [-0.4, -0.2) is 55.1 Å². The van der Waals surface area contributed by atoms with Crippen LogP contribution in [0.1, 0.15) is 18.4 Å². The highest BCUT2D eigenvalue weighted by atomic mass is 127. The molecule has 2 unspecified atom stereocenters. The zero-order valence-electron chi connectivity index (χ0n) is 16.7. The number of hydrogen-bond donors (Lipinski definition) is 4. The first-order valence-electron chi connectivity index (χ1n) is 9.48. The van der Waals surface area contributed by atoms with E-state index in [1.165, 1.54) is 0 Å². The van der Waals surface area contributed by atoms with Crippen LogP contribution in [0, 0.1) is 0 Å². The Morgan fingerprint density at radius 1 is 1.10 bits per heavy atom. The first kappa shape index (κ1) is 26.8. The minimum Gasteiger partial charge on any atom is -0.489 e. The van der Waals surface area contributed by atoms with E-state index < -0.39 is 6.10 Å². The maximum atomic E-state index is 10.2. The van der Waals surface area contributed by atoms with Gasteiger partial charge in [-0.15, -0.1) is 24.0 Å². The minimum absolute atomic E-state index is 0. The molecule has 0 amide bonds. The van der Waals surface area contributed by atoms with Crippen molar-refractivity contribution in [2.45, 2.75) is 18.9 Å². The highest BCUT2D eigenvalue weighted by Crippen LogP contribution is 2.31. The number of hydrogen-bond acceptors (Lipinski definition) is 4. The van der Waals surface area contributed by atoms with E-state index in [4.69, 9.17) is 27.9 Å². The van der Waals surface area contributed by atoms with Crippen LogP contribution in [0.5, 0.6) is 5.75 Å². The zero-order valence-corrected chi connectivity index (χ0v) is 20.6. The number of nitrogens with zero attached hydrogens (tertiary/aromatic N) is 1. The Labute approximate surface area is 204 Å². The van der Waals surface area contributed by atoms with E-state index in [2.05, 4.69) is 15.6 Å². The van der Waals surface area contributed by atoms with Crippen molar-refractivity contribution in [2.24, 2.45) is 4.99 Å². The van der Waals surface area contributed by atoms with E-state index in [1.807, 2.05) is 37.3 Å². The average molecular weight is 568 g/mol. The highest BCUT2D eigenvalue weighted by Gasteiger charge is 2.12. The molecule has 0 heterocycles. The molecule has 0 aliphatic rings. The molecule has 0 aliphatic carbocycles. The second-order valence-electron chi connectivity index (χ2n) is 6.41. The summed E-state index contributed by atoms with van der Waals surface area (Å²) in [4.78, 5) is 4.39. The molecule has 6 nitrogen and oxygen atoms in total. The molecule has 30 heavy (non-hydrogen) atoms. The quantitative estimate of drug-likeness (QED) is 0.200. The molecule has 0 radical (unpaired) electrons. The molecular weight excluding hydrogens is 540 g/mol. The number of aliphatic imine (C=N–C) groups is 1. The topological polar surface area (TPSA) is 86.1 Å². The molecule has 2 atom stereocenters.